The predicted molar refractivity (Wildman–Crippen MR) is 74.4 cm³/mol. The van der Waals surface area contributed by atoms with Crippen LogP contribution in [0.1, 0.15) is 46.0 Å². The van der Waals surface area contributed by atoms with E-state index in [2.05, 4.69) is 10.8 Å². The van der Waals surface area contributed by atoms with Gasteiger partial charge in [-0.1, -0.05) is 25.7 Å². The topological polar surface area (TPSA) is 32.7 Å². The van der Waals surface area contributed by atoms with Crippen LogP contribution in [0.3, 0.4) is 0 Å². The second-order valence-corrected chi connectivity index (χ2v) is 5.41. The SMILES string of the molecule is C#CC(C)(CC)OCC(O)CN1CCCCCC1. The highest BCUT2D eigenvalue weighted by atomic mass is 16.5. The number of rotatable bonds is 6. The zero-order valence-electron chi connectivity index (χ0n) is 11.8. The minimum atomic E-state index is -0.542. The van der Waals surface area contributed by atoms with Gasteiger partial charge in [0.2, 0.25) is 0 Å². The van der Waals surface area contributed by atoms with Crippen molar-refractivity contribution in [3.63, 3.8) is 0 Å². The third-order valence-electron chi connectivity index (χ3n) is 3.74. The molecule has 104 valence electrons. The molecule has 0 spiro atoms. The van der Waals surface area contributed by atoms with Crippen LogP contribution in [-0.2, 0) is 4.74 Å². The molecule has 1 aliphatic rings. The maximum atomic E-state index is 10.0. The number of hydrogen-bond acceptors (Lipinski definition) is 3. The Kier molecular flexibility index (Phi) is 6.70. The number of likely N-dealkylation sites (tertiary alicyclic amines) is 1. The van der Waals surface area contributed by atoms with Crippen molar-refractivity contribution in [2.24, 2.45) is 0 Å². The van der Waals surface area contributed by atoms with Crippen LogP contribution < -0.4 is 0 Å². The third kappa shape index (κ3) is 5.39. The number of nitrogens with zero attached hydrogens (tertiary/aromatic N) is 1. The second kappa shape index (κ2) is 7.78. The fourth-order valence-corrected chi connectivity index (χ4v) is 2.20. The highest BCUT2D eigenvalue weighted by molar-refractivity contribution is 5.05. The lowest BCUT2D eigenvalue weighted by Crippen LogP contribution is -2.38. The summed E-state index contributed by atoms with van der Waals surface area (Å²) in [5.41, 5.74) is -0.542. The first-order valence-electron chi connectivity index (χ1n) is 7.12. The van der Waals surface area contributed by atoms with E-state index >= 15 is 0 Å². The molecule has 1 rings (SSSR count). The molecule has 18 heavy (non-hydrogen) atoms. The molecule has 0 saturated carbocycles. The molecule has 1 heterocycles. The molecule has 0 aromatic rings. The molecule has 3 heteroatoms. The van der Waals surface area contributed by atoms with Gasteiger partial charge in [-0.2, -0.15) is 0 Å². The van der Waals surface area contributed by atoms with Gasteiger partial charge in [0.15, 0.2) is 0 Å². The van der Waals surface area contributed by atoms with Crippen molar-refractivity contribution < 1.29 is 9.84 Å². The summed E-state index contributed by atoms with van der Waals surface area (Å²) in [5, 5.41) is 10.0. The van der Waals surface area contributed by atoms with E-state index in [0.29, 0.717) is 13.2 Å². The minimum absolute atomic E-state index is 0.324. The van der Waals surface area contributed by atoms with Crippen LogP contribution in [0, 0.1) is 12.3 Å². The quantitative estimate of drug-likeness (QED) is 0.735. The van der Waals surface area contributed by atoms with Crippen molar-refractivity contribution in [1.29, 1.82) is 0 Å². The number of hydrogen-bond donors (Lipinski definition) is 1. The third-order valence-corrected chi connectivity index (χ3v) is 3.74. The van der Waals surface area contributed by atoms with E-state index in [1.54, 1.807) is 0 Å². The normalized spacial score (nSPS) is 22.8. The van der Waals surface area contributed by atoms with Gasteiger partial charge in [0.25, 0.3) is 0 Å². The van der Waals surface area contributed by atoms with Gasteiger partial charge in [-0.3, -0.25) is 0 Å². The highest BCUT2D eigenvalue weighted by Crippen LogP contribution is 2.15. The molecular weight excluding hydrogens is 226 g/mol. The van der Waals surface area contributed by atoms with Gasteiger partial charge in [0.1, 0.15) is 5.60 Å². The van der Waals surface area contributed by atoms with E-state index < -0.39 is 11.7 Å². The van der Waals surface area contributed by atoms with E-state index in [-0.39, 0.29) is 0 Å². The Morgan fingerprint density at radius 1 is 1.33 bits per heavy atom. The number of β-amino-alcohol motifs (C(OH)–C–C–N with tert-alkyl or cyclic N) is 1. The number of terminal acetylenes is 1. The van der Waals surface area contributed by atoms with Gasteiger partial charge in [-0.05, 0) is 39.3 Å². The molecule has 1 fully saturated rings. The molecule has 2 unspecified atom stereocenters. The van der Waals surface area contributed by atoms with Crippen molar-refractivity contribution in [3.8, 4) is 12.3 Å². The van der Waals surface area contributed by atoms with Crippen LogP contribution in [0.4, 0.5) is 0 Å². The van der Waals surface area contributed by atoms with Gasteiger partial charge < -0.3 is 14.7 Å². The molecule has 0 bridgehead atoms. The Balaban J connectivity index is 2.28. The Hall–Kier alpha value is -0.560. The van der Waals surface area contributed by atoms with Gasteiger partial charge in [-0.25, -0.2) is 0 Å². The molecule has 0 amide bonds. The number of aliphatic hydroxyl groups is 1. The van der Waals surface area contributed by atoms with E-state index in [9.17, 15) is 5.11 Å². The molecule has 0 aromatic carbocycles. The average molecular weight is 253 g/mol. The van der Waals surface area contributed by atoms with E-state index in [4.69, 9.17) is 11.2 Å². The lowest BCUT2D eigenvalue weighted by molar-refractivity contribution is -0.0468. The molecule has 1 N–H and O–H groups in total. The van der Waals surface area contributed by atoms with Gasteiger partial charge in [0.05, 0.1) is 12.7 Å². The summed E-state index contributed by atoms with van der Waals surface area (Å²) in [7, 11) is 0. The van der Waals surface area contributed by atoms with Crippen molar-refractivity contribution in [1.82, 2.24) is 4.90 Å². The van der Waals surface area contributed by atoms with Crippen LogP contribution in [0.25, 0.3) is 0 Å². The molecule has 0 radical (unpaired) electrons. The first-order chi connectivity index (χ1) is 8.59. The van der Waals surface area contributed by atoms with Crippen LogP contribution in [-0.4, -0.2) is 48.0 Å². The monoisotopic (exact) mass is 253 g/mol. The van der Waals surface area contributed by atoms with Crippen LogP contribution in [0.5, 0.6) is 0 Å². The van der Waals surface area contributed by atoms with Crippen molar-refractivity contribution >= 4 is 0 Å². The van der Waals surface area contributed by atoms with Gasteiger partial charge in [0, 0.05) is 6.54 Å². The Labute approximate surface area is 112 Å². The number of ether oxygens (including phenoxy) is 1. The molecule has 3 nitrogen and oxygen atoms in total. The standard InChI is InChI=1S/C15H27NO2/c1-4-15(3,5-2)18-13-14(17)12-16-10-8-6-7-9-11-16/h1,14,17H,5-13H2,2-3H3. The summed E-state index contributed by atoms with van der Waals surface area (Å²) < 4.78 is 5.65. The summed E-state index contributed by atoms with van der Waals surface area (Å²) in [6.07, 6.45) is 10.9. The fraction of sp³-hybridized carbons (Fsp3) is 0.867. The molecule has 0 aliphatic carbocycles. The van der Waals surface area contributed by atoms with Crippen LogP contribution >= 0.6 is 0 Å². The summed E-state index contributed by atoms with van der Waals surface area (Å²) in [6.45, 7) is 7.11. The average Bonchev–Trinajstić information content (AvgIpc) is 2.64. The van der Waals surface area contributed by atoms with Gasteiger partial charge in [-0.15, -0.1) is 6.42 Å². The first-order valence-corrected chi connectivity index (χ1v) is 7.12. The smallest absolute Gasteiger partial charge is 0.125 e. The fourth-order valence-electron chi connectivity index (χ4n) is 2.20. The maximum absolute atomic E-state index is 10.0. The highest BCUT2D eigenvalue weighted by Gasteiger charge is 2.22. The minimum Gasteiger partial charge on any atom is -0.389 e. The molecular formula is C15H27NO2. The van der Waals surface area contributed by atoms with Crippen molar-refractivity contribution in [2.45, 2.75) is 57.7 Å². The van der Waals surface area contributed by atoms with Crippen molar-refractivity contribution in [2.75, 3.05) is 26.2 Å². The zero-order chi connectivity index (χ0) is 13.4. The Morgan fingerprint density at radius 3 is 2.44 bits per heavy atom. The van der Waals surface area contributed by atoms with Crippen LogP contribution in [0.2, 0.25) is 0 Å². The maximum Gasteiger partial charge on any atom is 0.125 e. The zero-order valence-corrected chi connectivity index (χ0v) is 11.8. The summed E-state index contributed by atoms with van der Waals surface area (Å²) in [6, 6.07) is 0. The predicted octanol–water partition coefficient (Wildman–Crippen LogP) is 2.04. The Bertz CT molecular complexity index is 266. The molecule has 2 atom stereocenters. The first kappa shape index (κ1) is 15.5. The van der Waals surface area contributed by atoms with E-state index in [1.807, 2.05) is 13.8 Å². The summed E-state index contributed by atoms with van der Waals surface area (Å²) in [5.74, 6) is 2.65. The van der Waals surface area contributed by atoms with Gasteiger partial charge >= 0.3 is 0 Å². The largest absolute Gasteiger partial charge is 0.389 e. The van der Waals surface area contributed by atoms with Crippen LogP contribution in [0.15, 0.2) is 0 Å². The molecule has 1 aliphatic heterocycles. The van der Waals surface area contributed by atoms with E-state index in [1.165, 1.54) is 25.7 Å². The van der Waals surface area contributed by atoms with Crippen molar-refractivity contribution in [3.05, 3.63) is 0 Å². The molecule has 0 aromatic heterocycles. The lowest BCUT2D eigenvalue weighted by atomic mass is 10.1. The Morgan fingerprint density at radius 2 is 1.94 bits per heavy atom. The van der Waals surface area contributed by atoms with E-state index in [0.717, 1.165) is 19.5 Å². The number of aliphatic hydroxyl groups excluding tert-OH is 1. The second-order valence-electron chi connectivity index (χ2n) is 5.41. The lowest BCUT2D eigenvalue weighted by Gasteiger charge is -2.27. The molecule has 1 saturated heterocycles. The summed E-state index contributed by atoms with van der Waals surface area (Å²) >= 11 is 0. The summed E-state index contributed by atoms with van der Waals surface area (Å²) in [4.78, 5) is 2.33.